The summed E-state index contributed by atoms with van der Waals surface area (Å²) in [7, 11) is -3.87. The van der Waals surface area contributed by atoms with Crippen molar-refractivity contribution in [1.82, 2.24) is 14.6 Å². The minimum Gasteiger partial charge on any atom is -0.382 e. The van der Waals surface area contributed by atoms with Gasteiger partial charge in [0.15, 0.2) is 5.65 Å². The number of fused-ring (bicyclic) bond motifs is 2. The van der Waals surface area contributed by atoms with E-state index >= 15 is 0 Å². The summed E-state index contributed by atoms with van der Waals surface area (Å²) in [6.45, 7) is 0. The van der Waals surface area contributed by atoms with E-state index < -0.39 is 9.84 Å². The first-order valence-corrected chi connectivity index (χ1v) is 11.7. The van der Waals surface area contributed by atoms with E-state index in [1.165, 1.54) is 16.0 Å². The first-order chi connectivity index (χ1) is 14.1. The molecule has 0 radical (unpaired) electrons. The quantitative estimate of drug-likeness (QED) is 0.426. The maximum Gasteiger partial charge on any atom is 0.221 e. The Hall–Kier alpha value is -3.08. The lowest BCUT2D eigenvalue weighted by molar-refractivity contribution is 0.599. The summed E-state index contributed by atoms with van der Waals surface area (Å²) in [5, 5.41) is 8.05. The van der Waals surface area contributed by atoms with E-state index in [0.29, 0.717) is 16.7 Å². The number of thiophene rings is 2. The molecule has 5 aromatic rings. The molecule has 5 rings (SSSR count). The number of nitrogens with two attached hydrogens (primary N) is 1. The monoisotopic (exact) mass is 439 g/mol. The predicted octanol–water partition coefficient (Wildman–Crippen LogP) is 4.00. The van der Waals surface area contributed by atoms with Gasteiger partial charge in [-0.3, -0.25) is 0 Å². The molecule has 2 N–H and O–H groups in total. The van der Waals surface area contributed by atoms with E-state index in [9.17, 15) is 8.42 Å². The summed E-state index contributed by atoms with van der Waals surface area (Å²) in [6.07, 6.45) is 1.62. The van der Waals surface area contributed by atoms with Crippen molar-refractivity contribution in [3.63, 3.8) is 0 Å². The third-order valence-corrected chi connectivity index (χ3v) is 8.32. The van der Waals surface area contributed by atoms with E-state index in [1.54, 1.807) is 29.8 Å². The number of rotatable bonds is 4. The van der Waals surface area contributed by atoms with E-state index in [1.807, 2.05) is 35.7 Å². The first kappa shape index (κ1) is 18.0. The third-order valence-electron chi connectivity index (χ3n) is 4.30. The number of aromatic nitrogens is 3. The summed E-state index contributed by atoms with van der Waals surface area (Å²) < 4.78 is 28.2. The lowest BCUT2D eigenvalue weighted by Crippen LogP contribution is -2.05. The van der Waals surface area contributed by atoms with E-state index in [0.717, 1.165) is 16.2 Å². The number of nitrogen functional groups attached to an aromatic ring is 1. The molecule has 29 heavy (non-hydrogen) atoms. The molecule has 0 aliphatic carbocycles. The summed E-state index contributed by atoms with van der Waals surface area (Å²) in [4.78, 5) is 10.0. The summed E-state index contributed by atoms with van der Waals surface area (Å²) in [6, 6.07) is 14.3. The van der Waals surface area contributed by atoms with Gasteiger partial charge in [0.1, 0.15) is 20.4 Å². The fourth-order valence-corrected chi connectivity index (χ4v) is 6.16. The molecule has 1 aromatic carbocycles. The van der Waals surface area contributed by atoms with Gasteiger partial charge in [-0.25, -0.2) is 18.4 Å². The van der Waals surface area contributed by atoms with Crippen LogP contribution in [0.4, 0.5) is 5.82 Å². The van der Waals surface area contributed by atoms with Crippen LogP contribution in [0.3, 0.4) is 0 Å². The van der Waals surface area contributed by atoms with Crippen molar-refractivity contribution >= 4 is 66.7 Å². The molecule has 0 unspecified atom stereocenters. The molecule has 0 spiro atoms. The van der Waals surface area contributed by atoms with Gasteiger partial charge in [0.05, 0.1) is 17.2 Å². The highest BCUT2D eigenvalue weighted by molar-refractivity contribution is 7.93. The average Bonchev–Trinajstić information content (AvgIpc) is 3.46. The zero-order chi connectivity index (χ0) is 20.0. The Balaban J connectivity index is 1.85. The van der Waals surface area contributed by atoms with Crippen molar-refractivity contribution in [2.24, 2.45) is 5.10 Å². The SMILES string of the molecule is Nc1c(S(=O)(=O)c2cccs2)c2nc3ccccc3nc2n1/N=C\c1cccs1. The molecule has 144 valence electrons. The molecule has 4 heterocycles. The lowest BCUT2D eigenvalue weighted by atomic mass is 10.3. The molecule has 0 saturated carbocycles. The van der Waals surface area contributed by atoms with Crippen LogP contribution in [-0.4, -0.2) is 29.3 Å². The van der Waals surface area contributed by atoms with E-state index in [4.69, 9.17) is 5.73 Å². The molecule has 0 saturated heterocycles. The smallest absolute Gasteiger partial charge is 0.221 e. The van der Waals surface area contributed by atoms with Gasteiger partial charge in [-0.05, 0) is 35.0 Å². The molecule has 4 aromatic heterocycles. The van der Waals surface area contributed by atoms with Gasteiger partial charge in [-0.1, -0.05) is 24.3 Å². The van der Waals surface area contributed by atoms with Crippen LogP contribution in [0.15, 0.2) is 73.5 Å². The van der Waals surface area contributed by atoms with Gasteiger partial charge >= 0.3 is 0 Å². The summed E-state index contributed by atoms with van der Waals surface area (Å²) in [5.74, 6) is -0.0171. The molecular weight excluding hydrogens is 426 g/mol. The molecule has 7 nitrogen and oxygen atoms in total. The Bertz CT molecular complexity index is 1470. The van der Waals surface area contributed by atoms with Crippen LogP contribution in [0.2, 0.25) is 0 Å². The number of para-hydroxylation sites is 2. The number of sulfone groups is 1. The largest absolute Gasteiger partial charge is 0.382 e. The van der Waals surface area contributed by atoms with Crippen LogP contribution < -0.4 is 5.73 Å². The van der Waals surface area contributed by atoms with Crippen LogP contribution in [0.1, 0.15) is 4.88 Å². The predicted molar refractivity (Wildman–Crippen MR) is 117 cm³/mol. The second-order valence-corrected chi connectivity index (χ2v) is 10.1. The van der Waals surface area contributed by atoms with Gasteiger partial charge in [0.25, 0.3) is 0 Å². The normalized spacial score (nSPS) is 12.4. The first-order valence-electron chi connectivity index (χ1n) is 8.49. The average molecular weight is 440 g/mol. The zero-order valence-corrected chi connectivity index (χ0v) is 17.2. The molecule has 0 aliphatic rings. The van der Waals surface area contributed by atoms with Crippen molar-refractivity contribution in [2.45, 2.75) is 9.10 Å². The van der Waals surface area contributed by atoms with Gasteiger partial charge in [0, 0.05) is 4.88 Å². The fourth-order valence-electron chi connectivity index (χ4n) is 3.00. The number of hydrogen-bond acceptors (Lipinski definition) is 8. The minimum atomic E-state index is -3.87. The zero-order valence-electron chi connectivity index (χ0n) is 14.8. The number of anilines is 1. The minimum absolute atomic E-state index is 0.0171. The maximum absolute atomic E-state index is 13.3. The highest BCUT2D eigenvalue weighted by Gasteiger charge is 2.31. The van der Waals surface area contributed by atoms with Crippen molar-refractivity contribution in [1.29, 1.82) is 0 Å². The Morgan fingerprint density at radius 3 is 2.38 bits per heavy atom. The number of hydrogen-bond donors (Lipinski definition) is 1. The van der Waals surface area contributed by atoms with Crippen LogP contribution >= 0.6 is 22.7 Å². The second-order valence-electron chi connectivity index (χ2n) is 6.11. The Labute approximate surface area is 173 Å². The Morgan fingerprint density at radius 2 is 1.69 bits per heavy atom. The van der Waals surface area contributed by atoms with Gasteiger partial charge in [-0.2, -0.15) is 9.78 Å². The van der Waals surface area contributed by atoms with Gasteiger partial charge in [0.2, 0.25) is 9.84 Å². The van der Waals surface area contributed by atoms with Crippen LogP contribution in [-0.2, 0) is 9.84 Å². The summed E-state index contributed by atoms with van der Waals surface area (Å²) in [5.41, 5.74) is 8.03. The summed E-state index contributed by atoms with van der Waals surface area (Å²) >= 11 is 2.64. The fraction of sp³-hybridized carbons (Fsp3) is 0. The van der Waals surface area contributed by atoms with Crippen LogP contribution in [0, 0.1) is 0 Å². The molecular formula is C19H13N5O2S3. The molecule has 0 fully saturated rings. The van der Waals surface area contributed by atoms with E-state index in [2.05, 4.69) is 15.1 Å². The second kappa shape index (κ2) is 6.76. The van der Waals surface area contributed by atoms with Crippen molar-refractivity contribution in [2.75, 3.05) is 5.73 Å². The standard InChI is InChI=1S/C19H13N5O2S3/c20-18-17(29(25,26)15-8-4-10-28-15)16-19(23-14-7-2-1-6-13(14)22-16)24(18)21-11-12-5-3-9-27-12/h1-11H,20H2/b21-11-. The molecule has 0 aliphatic heterocycles. The van der Waals surface area contributed by atoms with Crippen molar-refractivity contribution in [3.05, 3.63) is 64.2 Å². The molecule has 0 amide bonds. The number of benzene rings is 1. The maximum atomic E-state index is 13.3. The highest BCUT2D eigenvalue weighted by atomic mass is 32.2. The third kappa shape index (κ3) is 2.92. The molecule has 0 bridgehead atoms. The van der Waals surface area contributed by atoms with Crippen molar-refractivity contribution < 1.29 is 8.42 Å². The highest BCUT2D eigenvalue weighted by Crippen LogP contribution is 2.36. The Morgan fingerprint density at radius 1 is 0.966 bits per heavy atom. The molecule has 0 atom stereocenters. The topological polar surface area (TPSA) is 103 Å². The molecule has 10 heteroatoms. The van der Waals surface area contributed by atoms with E-state index in [-0.39, 0.29) is 20.4 Å². The van der Waals surface area contributed by atoms with Crippen LogP contribution in [0.5, 0.6) is 0 Å². The lowest BCUT2D eigenvalue weighted by Gasteiger charge is -2.02. The number of nitrogens with zero attached hydrogens (tertiary/aromatic N) is 4. The van der Waals surface area contributed by atoms with Crippen molar-refractivity contribution in [3.8, 4) is 0 Å². The van der Waals surface area contributed by atoms with Crippen LogP contribution in [0.25, 0.3) is 22.2 Å². The Kier molecular flexibility index (Phi) is 4.19. The van der Waals surface area contributed by atoms with Gasteiger partial charge in [-0.15, -0.1) is 22.7 Å². The van der Waals surface area contributed by atoms with Gasteiger partial charge < -0.3 is 5.73 Å².